The van der Waals surface area contributed by atoms with Crippen molar-refractivity contribution in [3.05, 3.63) is 59.4 Å². The molecular formula is C20H23FO4. The average Bonchev–Trinajstić information content (AvgIpc) is 2.60. The number of methoxy groups -OCH3 is 1. The fourth-order valence-electron chi connectivity index (χ4n) is 2.27. The van der Waals surface area contributed by atoms with E-state index >= 15 is 0 Å². The summed E-state index contributed by atoms with van der Waals surface area (Å²) in [6, 6.07) is 12.3. The van der Waals surface area contributed by atoms with Crippen LogP contribution in [0.2, 0.25) is 0 Å². The van der Waals surface area contributed by atoms with E-state index in [4.69, 9.17) is 14.2 Å². The number of Topliss-reactive ketones (excluding diaryl/α,β-unsaturated/α-hetero) is 1. The summed E-state index contributed by atoms with van der Waals surface area (Å²) in [5.41, 5.74) is 1.67. The van der Waals surface area contributed by atoms with E-state index < -0.39 is 5.82 Å². The Balaban J connectivity index is 1.92. The maximum atomic E-state index is 14.1. The quantitative estimate of drug-likeness (QED) is 0.611. The topological polar surface area (TPSA) is 44.8 Å². The number of halogens is 1. The normalized spacial score (nSPS) is 10.5. The van der Waals surface area contributed by atoms with Gasteiger partial charge in [-0.3, -0.25) is 0 Å². The summed E-state index contributed by atoms with van der Waals surface area (Å²) < 4.78 is 30.2. The zero-order chi connectivity index (χ0) is 18.1. The first-order valence-corrected chi connectivity index (χ1v) is 8.20. The van der Waals surface area contributed by atoms with Crippen LogP contribution in [0.5, 0.6) is 11.5 Å². The fraction of sp³-hybridized carbons (Fsp3) is 0.350. The molecule has 25 heavy (non-hydrogen) atoms. The molecule has 0 unspecified atom stereocenters. The van der Waals surface area contributed by atoms with Crippen LogP contribution >= 0.6 is 0 Å². The molecule has 0 aliphatic heterocycles. The largest absolute Gasteiger partial charge is 0.491 e. The fourth-order valence-corrected chi connectivity index (χ4v) is 2.27. The van der Waals surface area contributed by atoms with Crippen molar-refractivity contribution < 1.29 is 23.4 Å². The number of carbonyl (C=O) groups excluding carboxylic acids is 1. The number of ketones is 1. The smallest absolute Gasteiger partial charge is 0.165 e. The lowest BCUT2D eigenvalue weighted by atomic mass is 10.1. The van der Waals surface area contributed by atoms with Crippen LogP contribution in [0.4, 0.5) is 4.39 Å². The van der Waals surface area contributed by atoms with Crippen LogP contribution in [0.1, 0.15) is 24.5 Å². The summed E-state index contributed by atoms with van der Waals surface area (Å²) in [6.07, 6.45) is 0.947. The van der Waals surface area contributed by atoms with Crippen LogP contribution in [-0.4, -0.2) is 26.1 Å². The van der Waals surface area contributed by atoms with E-state index in [0.717, 1.165) is 16.9 Å². The minimum atomic E-state index is -0.423. The summed E-state index contributed by atoms with van der Waals surface area (Å²) in [4.78, 5) is 11.0. The van der Waals surface area contributed by atoms with Crippen molar-refractivity contribution in [1.29, 1.82) is 0 Å². The number of hydrogen-bond acceptors (Lipinski definition) is 4. The van der Waals surface area contributed by atoms with Crippen LogP contribution in [0.15, 0.2) is 42.5 Å². The van der Waals surface area contributed by atoms with E-state index in [-0.39, 0.29) is 18.1 Å². The second-order valence-corrected chi connectivity index (χ2v) is 5.74. The molecule has 0 atom stereocenters. The molecule has 0 amide bonds. The summed E-state index contributed by atoms with van der Waals surface area (Å²) in [5.74, 6) is 0.581. The Bertz CT molecular complexity index is 700. The molecule has 0 spiro atoms. The van der Waals surface area contributed by atoms with Gasteiger partial charge < -0.3 is 19.0 Å². The lowest BCUT2D eigenvalue weighted by Crippen LogP contribution is -2.05. The molecule has 0 N–H and O–H groups in total. The third-order valence-corrected chi connectivity index (χ3v) is 3.61. The predicted molar refractivity (Wildman–Crippen MR) is 93.5 cm³/mol. The van der Waals surface area contributed by atoms with Gasteiger partial charge in [-0.1, -0.05) is 18.2 Å². The molecule has 2 rings (SSSR count). The summed E-state index contributed by atoms with van der Waals surface area (Å²) in [6.45, 7) is 2.76. The molecule has 5 heteroatoms. The Kier molecular flexibility index (Phi) is 7.41. The number of aryl methyl sites for hydroxylation is 1. The highest BCUT2D eigenvalue weighted by atomic mass is 19.1. The van der Waals surface area contributed by atoms with Gasteiger partial charge in [-0.2, -0.15) is 0 Å². The Labute approximate surface area is 147 Å². The highest BCUT2D eigenvalue weighted by molar-refractivity contribution is 5.75. The minimum absolute atomic E-state index is 0.0911. The van der Waals surface area contributed by atoms with Crippen molar-refractivity contribution >= 4 is 5.78 Å². The van der Waals surface area contributed by atoms with Gasteiger partial charge in [-0.15, -0.1) is 0 Å². The van der Waals surface area contributed by atoms with Crippen molar-refractivity contribution in [2.75, 3.05) is 20.3 Å². The minimum Gasteiger partial charge on any atom is -0.491 e. The van der Waals surface area contributed by atoms with E-state index in [1.807, 2.05) is 24.3 Å². The number of benzene rings is 2. The molecule has 0 aliphatic rings. The second-order valence-electron chi connectivity index (χ2n) is 5.74. The zero-order valence-electron chi connectivity index (χ0n) is 14.6. The Morgan fingerprint density at radius 3 is 2.60 bits per heavy atom. The highest BCUT2D eigenvalue weighted by Crippen LogP contribution is 2.21. The van der Waals surface area contributed by atoms with Crippen LogP contribution < -0.4 is 9.47 Å². The van der Waals surface area contributed by atoms with Crippen molar-refractivity contribution in [2.24, 2.45) is 0 Å². The maximum Gasteiger partial charge on any atom is 0.165 e. The molecule has 0 radical (unpaired) electrons. The second kappa shape index (κ2) is 9.79. The lowest BCUT2D eigenvalue weighted by Gasteiger charge is -2.10. The van der Waals surface area contributed by atoms with Gasteiger partial charge in [-0.25, -0.2) is 4.39 Å². The molecule has 0 bridgehead atoms. The summed E-state index contributed by atoms with van der Waals surface area (Å²) in [7, 11) is 1.62. The molecule has 134 valence electrons. The number of rotatable bonds is 10. The molecule has 0 heterocycles. The SMILES string of the molecule is COCCOc1cccc(COc2ccc(CCC(C)=O)cc2F)c1. The van der Waals surface area contributed by atoms with Crippen LogP contribution in [-0.2, 0) is 22.6 Å². The molecule has 2 aromatic carbocycles. The third-order valence-electron chi connectivity index (χ3n) is 3.61. The van der Waals surface area contributed by atoms with Crippen molar-refractivity contribution in [3.8, 4) is 11.5 Å². The van der Waals surface area contributed by atoms with Gasteiger partial charge in [0.05, 0.1) is 6.61 Å². The summed E-state index contributed by atoms with van der Waals surface area (Å²) in [5, 5.41) is 0. The first-order valence-electron chi connectivity index (χ1n) is 8.20. The molecule has 0 aliphatic carbocycles. The Morgan fingerprint density at radius 1 is 1.04 bits per heavy atom. The van der Waals surface area contributed by atoms with E-state index in [0.29, 0.717) is 26.1 Å². The number of hydrogen-bond donors (Lipinski definition) is 0. The van der Waals surface area contributed by atoms with Gasteiger partial charge >= 0.3 is 0 Å². The summed E-state index contributed by atoms with van der Waals surface area (Å²) >= 11 is 0. The molecule has 0 aromatic heterocycles. The average molecular weight is 346 g/mol. The predicted octanol–water partition coefficient (Wildman–Crippen LogP) is 3.95. The molecule has 4 nitrogen and oxygen atoms in total. The standard InChI is InChI=1S/C20H23FO4/c1-15(22)6-7-16-8-9-20(19(21)13-16)25-14-17-4-3-5-18(12-17)24-11-10-23-2/h3-5,8-9,12-13H,6-7,10-11,14H2,1-2H3. The lowest BCUT2D eigenvalue weighted by molar-refractivity contribution is -0.116. The van der Waals surface area contributed by atoms with E-state index in [1.54, 1.807) is 19.2 Å². The van der Waals surface area contributed by atoms with Gasteiger partial charge in [0, 0.05) is 13.5 Å². The monoisotopic (exact) mass is 346 g/mol. The van der Waals surface area contributed by atoms with Crippen molar-refractivity contribution in [1.82, 2.24) is 0 Å². The van der Waals surface area contributed by atoms with Gasteiger partial charge in [0.1, 0.15) is 24.7 Å². The van der Waals surface area contributed by atoms with Crippen LogP contribution in [0.25, 0.3) is 0 Å². The van der Waals surface area contributed by atoms with E-state index in [2.05, 4.69) is 0 Å². The Hall–Kier alpha value is -2.40. The Morgan fingerprint density at radius 2 is 1.88 bits per heavy atom. The van der Waals surface area contributed by atoms with Gasteiger partial charge in [-0.05, 0) is 48.7 Å². The van der Waals surface area contributed by atoms with E-state index in [9.17, 15) is 9.18 Å². The van der Waals surface area contributed by atoms with Gasteiger partial charge in [0.25, 0.3) is 0 Å². The van der Waals surface area contributed by atoms with Crippen LogP contribution in [0.3, 0.4) is 0 Å². The molecule has 0 saturated heterocycles. The zero-order valence-corrected chi connectivity index (χ0v) is 14.6. The highest BCUT2D eigenvalue weighted by Gasteiger charge is 2.07. The third kappa shape index (κ3) is 6.55. The van der Waals surface area contributed by atoms with Gasteiger partial charge in [0.15, 0.2) is 11.6 Å². The van der Waals surface area contributed by atoms with E-state index in [1.165, 1.54) is 13.0 Å². The maximum absolute atomic E-state index is 14.1. The molecular weight excluding hydrogens is 323 g/mol. The van der Waals surface area contributed by atoms with Crippen LogP contribution in [0, 0.1) is 5.82 Å². The molecule has 2 aromatic rings. The number of carbonyl (C=O) groups is 1. The van der Waals surface area contributed by atoms with Crippen molar-refractivity contribution in [3.63, 3.8) is 0 Å². The molecule has 0 fully saturated rings. The first-order chi connectivity index (χ1) is 12.1. The van der Waals surface area contributed by atoms with Crippen molar-refractivity contribution in [2.45, 2.75) is 26.4 Å². The molecule has 0 saturated carbocycles. The first kappa shape index (κ1) is 18.9. The number of ether oxygens (including phenoxy) is 3. The van der Waals surface area contributed by atoms with Gasteiger partial charge in [0.2, 0.25) is 0 Å².